The van der Waals surface area contributed by atoms with Gasteiger partial charge in [-0.25, -0.2) is 4.79 Å². The molecule has 1 aliphatic rings. The minimum Gasteiger partial charge on any atom is -0.359 e. The highest BCUT2D eigenvalue weighted by molar-refractivity contribution is 14.1. The number of hydrogen-bond acceptors (Lipinski definition) is 9. The van der Waals surface area contributed by atoms with Crippen molar-refractivity contribution in [3.05, 3.63) is 0 Å². The van der Waals surface area contributed by atoms with Gasteiger partial charge in [-0.3, -0.25) is 19.2 Å². The van der Waals surface area contributed by atoms with E-state index in [2.05, 4.69) is 33.8 Å². The van der Waals surface area contributed by atoms with Crippen LogP contribution in [0.3, 0.4) is 0 Å². The zero-order chi connectivity index (χ0) is 23.8. The van der Waals surface area contributed by atoms with E-state index in [9.17, 15) is 24.0 Å². The molecule has 4 amide bonds. The van der Waals surface area contributed by atoms with Crippen molar-refractivity contribution >= 4 is 99.2 Å². The highest BCUT2D eigenvalue weighted by Crippen LogP contribution is 2.12. The SMILES string of the molecule is CN.CNC(=O)CI.CNC(=O)CSC.CS.O=C(CI)ON1C(=O)CCC1=O. The first-order valence-electron chi connectivity index (χ1n) is 7.88. The number of alkyl halides is 2. The molecular weight excluding hydrogens is 650 g/mol. The number of imide groups is 1. The first-order chi connectivity index (χ1) is 13.8. The third-order valence-electron chi connectivity index (χ3n) is 2.26. The Hall–Kier alpha value is -0.330. The van der Waals surface area contributed by atoms with Gasteiger partial charge in [0.25, 0.3) is 11.8 Å². The van der Waals surface area contributed by atoms with Crippen LogP contribution in [0.4, 0.5) is 0 Å². The second-order valence-corrected chi connectivity index (χ2v) is 6.48. The van der Waals surface area contributed by atoms with Crippen molar-refractivity contribution < 1.29 is 28.8 Å². The van der Waals surface area contributed by atoms with Gasteiger partial charge in [-0.1, -0.05) is 45.2 Å². The van der Waals surface area contributed by atoms with Gasteiger partial charge in [0.1, 0.15) is 4.43 Å². The van der Waals surface area contributed by atoms with Crippen molar-refractivity contribution in [2.45, 2.75) is 12.8 Å². The summed E-state index contributed by atoms with van der Waals surface area (Å²) in [5.41, 5.74) is 4.50. The fourth-order valence-corrected chi connectivity index (χ4v) is 1.98. The van der Waals surface area contributed by atoms with Crippen LogP contribution in [0.25, 0.3) is 0 Å². The predicted molar refractivity (Wildman–Crippen MR) is 136 cm³/mol. The molecule has 0 aromatic carbocycles. The van der Waals surface area contributed by atoms with Gasteiger partial charge in [-0.2, -0.15) is 24.4 Å². The van der Waals surface area contributed by atoms with Gasteiger partial charge in [0.15, 0.2) is 0 Å². The molecular formula is C15H30I2N4O6S2. The largest absolute Gasteiger partial charge is 0.359 e. The lowest BCUT2D eigenvalue weighted by Crippen LogP contribution is -2.32. The van der Waals surface area contributed by atoms with E-state index >= 15 is 0 Å². The number of nitrogens with two attached hydrogens (primary N) is 1. The minimum absolute atomic E-state index is 0.0793. The lowest BCUT2D eigenvalue weighted by molar-refractivity contribution is -0.195. The number of hydroxylamine groups is 2. The van der Waals surface area contributed by atoms with Crippen molar-refractivity contribution in [3.8, 4) is 0 Å². The van der Waals surface area contributed by atoms with Crippen LogP contribution in [0.5, 0.6) is 0 Å². The fourth-order valence-electron chi connectivity index (χ4n) is 1.05. The van der Waals surface area contributed by atoms with Crippen LogP contribution in [0.15, 0.2) is 0 Å². The zero-order valence-corrected chi connectivity index (χ0v) is 23.1. The average molecular weight is 680 g/mol. The zero-order valence-electron chi connectivity index (χ0n) is 17.1. The van der Waals surface area contributed by atoms with Crippen molar-refractivity contribution in [3.63, 3.8) is 0 Å². The molecule has 14 heteroatoms. The third-order valence-corrected chi connectivity index (χ3v) is 4.13. The summed E-state index contributed by atoms with van der Waals surface area (Å²) >= 11 is 8.84. The molecule has 0 unspecified atom stereocenters. The molecule has 10 nitrogen and oxygen atoms in total. The summed E-state index contributed by atoms with van der Waals surface area (Å²) in [4.78, 5) is 57.2. The Bertz CT molecular complexity index is 466. The number of carbonyl (C=O) groups is 5. The molecule has 0 aromatic rings. The Morgan fingerprint density at radius 3 is 1.66 bits per heavy atom. The molecule has 0 saturated carbocycles. The van der Waals surface area contributed by atoms with Crippen molar-refractivity contribution in [2.24, 2.45) is 5.73 Å². The van der Waals surface area contributed by atoms with Gasteiger partial charge in [0.2, 0.25) is 11.8 Å². The summed E-state index contributed by atoms with van der Waals surface area (Å²) in [5, 5.41) is 5.52. The number of carbonyl (C=O) groups excluding carboxylic acids is 5. The Morgan fingerprint density at radius 2 is 1.45 bits per heavy atom. The number of thioether (sulfide) groups is 1. The quantitative estimate of drug-likeness (QED) is 0.142. The van der Waals surface area contributed by atoms with E-state index < -0.39 is 17.8 Å². The van der Waals surface area contributed by atoms with Gasteiger partial charge < -0.3 is 21.2 Å². The number of rotatable bonds is 5. The molecule has 0 radical (unpaired) electrons. The lowest BCUT2D eigenvalue weighted by Gasteiger charge is -2.10. The van der Waals surface area contributed by atoms with Crippen LogP contribution in [-0.2, 0) is 28.8 Å². The Kier molecular flexibility index (Phi) is 34.4. The van der Waals surface area contributed by atoms with Crippen molar-refractivity contribution in [1.29, 1.82) is 0 Å². The summed E-state index contributed by atoms with van der Waals surface area (Å²) < 4.78 is 0.670. The molecule has 0 atom stereocenters. The van der Waals surface area contributed by atoms with Gasteiger partial charge in [0.05, 0.1) is 10.2 Å². The van der Waals surface area contributed by atoms with Crippen LogP contribution in [0.1, 0.15) is 12.8 Å². The van der Waals surface area contributed by atoms with Crippen LogP contribution in [0.2, 0.25) is 0 Å². The number of nitrogens with one attached hydrogen (secondary N) is 2. The summed E-state index contributed by atoms with van der Waals surface area (Å²) in [7, 11) is 4.76. The summed E-state index contributed by atoms with van der Waals surface area (Å²) in [5.74, 6) is -0.741. The van der Waals surface area contributed by atoms with Gasteiger partial charge in [-0.15, -0.1) is 5.06 Å². The fraction of sp³-hybridized carbons (Fsp3) is 0.667. The molecule has 0 spiro atoms. The minimum atomic E-state index is -0.584. The summed E-state index contributed by atoms with van der Waals surface area (Å²) in [6.07, 6.45) is 3.86. The first-order valence-corrected chi connectivity index (χ1v) is 13.2. The molecule has 0 bridgehead atoms. The molecule has 1 saturated heterocycles. The maximum Gasteiger partial charge on any atom is 0.342 e. The summed E-state index contributed by atoms with van der Waals surface area (Å²) in [6, 6.07) is 0. The molecule has 0 aliphatic carbocycles. The average Bonchev–Trinajstić information content (AvgIpc) is 3.08. The molecule has 4 N–H and O–H groups in total. The van der Waals surface area contributed by atoms with Crippen LogP contribution >= 0.6 is 69.6 Å². The maximum absolute atomic E-state index is 10.9. The second-order valence-electron chi connectivity index (χ2n) is 4.09. The number of halogens is 2. The molecule has 1 aliphatic heterocycles. The molecule has 29 heavy (non-hydrogen) atoms. The van der Waals surface area contributed by atoms with E-state index in [0.717, 1.165) is 0 Å². The van der Waals surface area contributed by atoms with E-state index in [4.69, 9.17) is 0 Å². The number of thiol groups is 1. The van der Waals surface area contributed by atoms with Crippen molar-refractivity contribution in [2.75, 3.05) is 48.3 Å². The Balaban J connectivity index is -0.000000159. The third kappa shape index (κ3) is 23.8. The maximum atomic E-state index is 10.9. The molecule has 1 fully saturated rings. The number of nitrogens with zero attached hydrogens (tertiary/aromatic N) is 1. The first kappa shape index (κ1) is 36.1. The highest BCUT2D eigenvalue weighted by Gasteiger charge is 2.32. The van der Waals surface area contributed by atoms with Crippen molar-refractivity contribution in [1.82, 2.24) is 15.7 Å². The van der Waals surface area contributed by atoms with Gasteiger partial charge in [-0.05, 0) is 19.6 Å². The second kappa shape index (κ2) is 27.7. The normalized spacial score (nSPS) is 11.0. The standard InChI is InChI=1S/C6H6INO4.C4H9NOS.C3H6INO.CH5N.CH4S/c7-3-6(11)12-8-4(9)1-2-5(8)10;1-5-4(6)3-7-2;1-5-3(6)2-4;2*1-2/h1-3H2;3H2,1-2H3,(H,5,6);2H2,1H3,(H,5,6);2H2,1H3;2H,1H3. The van der Waals surface area contributed by atoms with E-state index in [-0.39, 0.29) is 29.1 Å². The molecule has 1 rings (SSSR count). The Morgan fingerprint density at radius 1 is 1.03 bits per heavy atom. The van der Waals surface area contributed by atoms with Crippen LogP contribution < -0.4 is 16.4 Å². The smallest absolute Gasteiger partial charge is 0.342 e. The van der Waals surface area contributed by atoms with E-state index in [1.807, 2.05) is 28.8 Å². The van der Waals surface area contributed by atoms with Gasteiger partial charge in [0, 0.05) is 26.9 Å². The highest BCUT2D eigenvalue weighted by atomic mass is 127. The monoisotopic (exact) mass is 680 g/mol. The van der Waals surface area contributed by atoms with E-state index in [1.54, 1.807) is 42.9 Å². The molecule has 1 heterocycles. The van der Waals surface area contributed by atoms with Crippen LogP contribution in [-0.4, -0.2) is 82.9 Å². The van der Waals surface area contributed by atoms with Gasteiger partial charge >= 0.3 is 5.97 Å². The van der Waals surface area contributed by atoms with E-state index in [1.165, 1.54) is 18.8 Å². The number of hydrogen-bond donors (Lipinski definition) is 4. The summed E-state index contributed by atoms with van der Waals surface area (Å²) in [6.45, 7) is 0. The molecule has 0 aromatic heterocycles. The Labute approximate surface area is 209 Å². The topological polar surface area (TPSA) is 148 Å². The van der Waals surface area contributed by atoms with E-state index in [0.29, 0.717) is 15.2 Å². The predicted octanol–water partition coefficient (Wildman–Crippen LogP) is 0.412. The number of amides is 4. The van der Waals surface area contributed by atoms with Crippen LogP contribution in [0, 0.1) is 0 Å². The lowest BCUT2D eigenvalue weighted by atomic mass is 10.4. The molecule has 172 valence electrons.